The average Bonchev–Trinajstić information content (AvgIpc) is 3.04. The molecule has 0 radical (unpaired) electrons. The molecule has 41 heavy (non-hydrogen) atoms. The Bertz CT molecular complexity index is 1990. The Hall–Kier alpha value is -5.23. The Morgan fingerprint density at radius 3 is 1.83 bits per heavy atom. The minimum atomic E-state index is -0.990. The van der Waals surface area contributed by atoms with E-state index in [2.05, 4.69) is 12.2 Å². The Kier molecular flexibility index (Phi) is 5.71. The highest BCUT2D eigenvalue weighted by molar-refractivity contribution is 6.20. The topological polar surface area (TPSA) is 67.1 Å². The van der Waals surface area contributed by atoms with E-state index in [9.17, 15) is 4.79 Å². The molecule has 0 saturated heterocycles. The third-order valence-corrected chi connectivity index (χ3v) is 7.86. The summed E-state index contributed by atoms with van der Waals surface area (Å²) < 4.78 is 29.5. The van der Waals surface area contributed by atoms with Crippen LogP contribution in [0, 0.1) is 0 Å². The summed E-state index contributed by atoms with van der Waals surface area (Å²) >= 11 is 0. The van der Waals surface area contributed by atoms with Crippen LogP contribution >= 0.6 is 0 Å². The van der Waals surface area contributed by atoms with Crippen LogP contribution in [-0.4, -0.2) is 21.3 Å². The minimum Gasteiger partial charge on any atom is -0.497 e. The molecule has 0 amide bonds. The second-order valence-electron chi connectivity index (χ2n) is 9.92. The average molecular weight is 543 g/mol. The van der Waals surface area contributed by atoms with Crippen LogP contribution in [0.15, 0.2) is 106 Å². The second-order valence-corrected chi connectivity index (χ2v) is 9.92. The van der Waals surface area contributed by atoms with Crippen molar-refractivity contribution in [2.24, 2.45) is 0 Å². The minimum absolute atomic E-state index is 0.423. The number of hydrogen-bond acceptors (Lipinski definition) is 6. The summed E-state index contributed by atoms with van der Waals surface area (Å²) in [5.41, 5.74) is 1.80. The monoisotopic (exact) mass is 542 g/mol. The Balaban J connectivity index is 1.59. The van der Waals surface area contributed by atoms with Crippen molar-refractivity contribution in [1.82, 2.24) is 0 Å². The van der Waals surface area contributed by atoms with Gasteiger partial charge in [-0.1, -0.05) is 48.5 Å². The van der Waals surface area contributed by atoms with Crippen LogP contribution in [-0.2, 0) is 5.60 Å². The molecule has 0 atom stereocenters. The van der Waals surface area contributed by atoms with Gasteiger partial charge in [0.25, 0.3) is 0 Å². The molecule has 202 valence electrons. The van der Waals surface area contributed by atoms with Gasteiger partial charge in [0.1, 0.15) is 23.0 Å². The zero-order chi connectivity index (χ0) is 28.1. The number of benzene rings is 5. The first-order valence-corrected chi connectivity index (χ1v) is 13.2. The highest BCUT2D eigenvalue weighted by Crippen LogP contribution is 2.49. The van der Waals surface area contributed by atoms with Gasteiger partial charge < -0.3 is 23.4 Å². The summed E-state index contributed by atoms with van der Waals surface area (Å²) in [6, 6.07) is 29.1. The van der Waals surface area contributed by atoms with Crippen molar-refractivity contribution in [3.8, 4) is 23.0 Å². The second kappa shape index (κ2) is 9.45. The first kappa shape index (κ1) is 24.8. The van der Waals surface area contributed by atoms with Crippen molar-refractivity contribution < 1.29 is 23.4 Å². The third kappa shape index (κ3) is 3.75. The fourth-order valence-electron chi connectivity index (χ4n) is 5.77. The third-order valence-electron chi connectivity index (χ3n) is 7.86. The van der Waals surface area contributed by atoms with E-state index < -0.39 is 11.2 Å². The van der Waals surface area contributed by atoms with Crippen LogP contribution in [0.4, 0.5) is 0 Å². The van der Waals surface area contributed by atoms with Crippen molar-refractivity contribution in [1.29, 1.82) is 0 Å². The highest BCUT2D eigenvalue weighted by Gasteiger charge is 2.39. The van der Waals surface area contributed by atoms with E-state index in [1.165, 1.54) is 0 Å². The van der Waals surface area contributed by atoms with Crippen molar-refractivity contribution >= 4 is 38.6 Å². The molecule has 0 spiro atoms. The summed E-state index contributed by atoms with van der Waals surface area (Å²) in [6.45, 7) is 0. The molecule has 0 saturated carbocycles. The van der Waals surface area contributed by atoms with E-state index in [0.29, 0.717) is 22.5 Å². The molecule has 2 heterocycles. The maximum absolute atomic E-state index is 13.3. The standard InChI is InChI=1S/C35H26O6/c1-37-23-12-8-21(9-13-23)35(22-10-14-24(38-2)15-11-22)19-18-29-26-6-4-5-7-28(26)32-31(33(29)41-35)27-17-16-25(39-3)20-30(27)34(36)40-32/h4-20H,1-3H3. The quantitative estimate of drug-likeness (QED) is 0.166. The van der Waals surface area contributed by atoms with Gasteiger partial charge in [0.05, 0.1) is 32.1 Å². The normalized spacial score (nSPS) is 13.6. The van der Waals surface area contributed by atoms with Gasteiger partial charge in [-0.15, -0.1) is 0 Å². The number of ether oxygens (including phenoxy) is 4. The fourth-order valence-corrected chi connectivity index (χ4v) is 5.77. The van der Waals surface area contributed by atoms with E-state index in [4.69, 9.17) is 23.4 Å². The number of hydrogen-bond donors (Lipinski definition) is 0. The summed E-state index contributed by atoms with van der Waals surface area (Å²) in [7, 11) is 4.87. The van der Waals surface area contributed by atoms with Gasteiger partial charge in [0.15, 0.2) is 11.2 Å². The van der Waals surface area contributed by atoms with Crippen LogP contribution in [0.25, 0.3) is 38.6 Å². The van der Waals surface area contributed by atoms with Crippen molar-refractivity contribution in [2.75, 3.05) is 21.3 Å². The van der Waals surface area contributed by atoms with Crippen molar-refractivity contribution in [2.45, 2.75) is 5.60 Å². The van der Waals surface area contributed by atoms with Crippen LogP contribution in [0.5, 0.6) is 23.0 Å². The van der Waals surface area contributed by atoms with Crippen LogP contribution < -0.4 is 24.6 Å². The molecule has 1 aromatic heterocycles. The summed E-state index contributed by atoms with van der Waals surface area (Å²) in [5, 5.41) is 3.65. The SMILES string of the molecule is COc1ccc(C2(c3ccc(OC)cc3)C=Cc3c(c4c5ccc(OC)cc5c(=O)oc4c4ccccc34)O2)cc1. The summed E-state index contributed by atoms with van der Waals surface area (Å²) in [6.07, 6.45) is 4.19. The fraction of sp³-hybridized carbons (Fsp3) is 0.114. The van der Waals surface area contributed by atoms with Crippen molar-refractivity contribution in [3.05, 3.63) is 124 Å². The number of methoxy groups -OCH3 is 3. The lowest BCUT2D eigenvalue weighted by Gasteiger charge is -2.37. The smallest absolute Gasteiger partial charge is 0.344 e. The van der Waals surface area contributed by atoms with E-state index >= 15 is 0 Å². The Labute approximate surface area is 236 Å². The first-order valence-electron chi connectivity index (χ1n) is 13.2. The Morgan fingerprint density at radius 2 is 1.22 bits per heavy atom. The molecule has 0 unspecified atom stereocenters. The van der Waals surface area contributed by atoms with Crippen molar-refractivity contribution in [3.63, 3.8) is 0 Å². The van der Waals surface area contributed by atoms with Gasteiger partial charge in [0, 0.05) is 27.5 Å². The molecule has 1 aliphatic rings. The maximum Gasteiger partial charge on any atom is 0.344 e. The first-order chi connectivity index (χ1) is 20.1. The van der Waals surface area contributed by atoms with E-state index in [-0.39, 0.29) is 0 Å². The zero-order valence-corrected chi connectivity index (χ0v) is 22.8. The lowest BCUT2D eigenvalue weighted by molar-refractivity contribution is 0.164. The lowest BCUT2D eigenvalue weighted by atomic mass is 9.82. The molecule has 6 nitrogen and oxygen atoms in total. The Morgan fingerprint density at radius 1 is 0.634 bits per heavy atom. The largest absolute Gasteiger partial charge is 0.497 e. The zero-order valence-electron chi connectivity index (χ0n) is 22.8. The van der Waals surface area contributed by atoms with Gasteiger partial charge >= 0.3 is 5.63 Å². The van der Waals surface area contributed by atoms with Gasteiger partial charge in [-0.25, -0.2) is 4.79 Å². The predicted molar refractivity (Wildman–Crippen MR) is 160 cm³/mol. The molecule has 6 aromatic rings. The van der Waals surface area contributed by atoms with E-state index in [1.54, 1.807) is 27.4 Å². The summed E-state index contributed by atoms with van der Waals surface area (Å²) in [4.78, 5) is 13.3. The maximum atomic E-state index is 13.3. The molecule has 6 heteroatoms. The van der Waals surface area contributed by atoms with Crippen LogP contribution in [0.2, 0.25) is 0 Å². The lowest BCUT2D eigenvalue weighted by Crippen LogP contribution is -2.34. The van der Waals surface area contributed by atoms with Gasteiger partial charge in [-0.05, 0) is 60.0 Å². The molecule has 0 bridgehead atoms. The highest BCUT2D eigenvalue weighted by atomic mass is 16.5. The predicted octanol–water partition coefficient (Wildman–Crippen LogP) is 7.47. The number of fused-ring (bicyclic) bond motifs is 8. The van der Waals surface area contributed by atoms with Crippen LogP contribution in [0.3, 0.4) is 0 Å². The number of rotatable bonds is 5. The molecule has 1 aliphatic heterocycles. The van der Waals surface area contributed by atoms with Gasteiger partial charge in [-0.2, -0.15) is 0 Å². The molecular weight excluding hydrogens is 516 g/mol. The molecule has 0 aliphatic carbocycles. The molecule has 7 rings (SSSR count). The van der Waals surface area contributed by atoms with E-state index in [0.717, 1.165) is 49.7 Å². The van der Waals surface area contributed by atoms with Crippen LogP contribution in [0.1, 0.15) is 16.7 Å². The van der Waals surface area contributed by atoms with Gasteiger partial charge in [0.2, 0.25) is 0 Å². The molecular formula is C35H26O6. The summed E-state index contributed by atoms with van der Waals surface area (Å²) in [5.74, 6) is 2.70. The molecule has 5 aromatic carbocycles. The molecule has 0 N–H and O–H groups in total. The molecule has 0 fully saturated rings. The van der Waals surface area contributed by atoms with Gasteiger partial charge in [-0.3, -0.25) is 0 Å². The van der Waals surface area contributed by atoms with E-state index in [1.807, 2.05) is 84.9 Å².